The smallest absolute Gasteiger partial charge is 0.224 e. The van der Waals surface area contributed by atoms with Crippen molar-refractivity contribution in [2.24, 2.45) is 11.8 Å². The fourth-order valence-electron chi connectivity index (χ4n) is 3.14. The van der Waals surface area contributed by atoms with E-state index in [9.17, 15) is 4.79 Å². The van der Waals surface area contributed by atoms with Crippen molar-refractivity contribution in [3.8, 4) is 0 Å². The molecule has 2 rings (SSSR count). The lowest BCUT2D eigenvalue weighted by molar-refractivity contribution is -0.126. The van der Waals surface area contributed by atoms with Gasteiger partial charge < -0.3 is 10.6 Å². The zero-order valence-electron chi connectivity index (χ0n) is 11.2. The molecular weight excluding hydrogens is 212 g/mol. The Bertz CT molecular complexity index is 253. The predicted octanol–water partition coefficient (Wildman–Crippen LogP) is 2.07. The summed E-state index contributed by atoms with van der Waals surface area (Å²) in [6, 6.07) is 0.940. The molecule has 2 N–H and O–H groups in total. The average Bonchev–Trinajstić information content (AvgIpc) is 2.83. The lowest BCUT2D eigenvalue weighted by atomic mass is 9.93. The van der Waals surface area contributed by atoms with E-state index in [1.54, 1.807) is 0 Å². The fourth-order valence-corrected chi connectivity index (χ4v) is 3.14. The minimum absolute atomic E-state index is 0.190. The highest BCUT2D eigenvalue weighted by molar-refractivity contribution is 5.79. The first-order valence-electron chi connectivity index (χ1n) is 7.20. The Morgan fingerprint density at radius 2 is 1.94 bits per heavy atom. The van der Waals surface area contributed by atoms with Crippen LogP contribution in [0, 0.1) is 11.8 Å². The third kappa shape index (κ3) is 3.44. The summed E-state index contributed by atoms with van der Waals surface area (Å²) in [5.41, 5.74) is 0. The topological polar surface area (TPSA) is 41.1 Å². The first kappa shape index (κ1) is 12.9. The van der Waals surface area contributed by atoms with Gasteiger partial charge in [-0.2, -0.15) is 0 Å². The lowest BCUT2D eigenvalue weighted by Crippen LogP contribution is -2.47. The van der Waals surface area contributed by atoms with Gasteiger partial charge in [-0.1, -0.05) is 12.8 Å². The van der Waals surface area contributed by atoms with Crippen molar-refractivity contribution in [1.29, 1.82) is 0 Å². The van der Waals surface area contributed by atoms with Crippen molar-refractivity contribution in [1.82, 2.24) is 10.6 Å². The maximum atomic E-state index is 12.1. The monoisotopic (exact) mass is 238 g/mol. The van der Waals surface area contributed by atoms with Gasteiger partial charge in [0.25, 0.3) is 0 Å². The Morgan fingerprint density at radius 3 is 2.53 bits per heavy atom. The van der Waals surface area contributed by atoms with Crippen LogP contribution in [0.15, 0.2) is 0 Å². The van der Waals surface area contributed by atoms with Crippen LogP contribution in [-0.2, 0) is 4.79 Å². The van der Waals surface area contributed by atoms with E-state index in [1.165, 1.54) is 25.7 Å². The number of carbonyl (C=O) groups is 1. The summed E-state index contributed by atoms with van der Waals surface area (Å²) in [7, 11) is 0. The molecule has 17 heavy (non-hydrogen) atoms. The fraction of sp³-hybridized carbons (Fsp3) is 0.929. The third-order valence-electron chi connectivity index (χ3n) is 4.51. The molecule has 0 radical (unpaired) electrons. The third-order valence-corrected chi connectivity index (χ3v) is 4.51. The summed E-state index contributed by atoms with van der Waals surface area (Å²) in [5, 5.41) is 6.62. The van der Waals surface area contributed by atoms with E-state index in [0.717, 1.165) is 25.3 Å². The number of piperidine rings is 1. The second-order valence-corrected chi connectivity index (χ2v) is 5.93. The largest absolute Gasteiger partial charge is 0.353 e. The number of rotatable bonds is 3. The Hall–Kier alpha value is -0.570. The summed E-state index contributed by atoms with van der Waals surface area (Å²) in [4.78, 5) is 12.1. The second-order valence-electron chi connectivity index (χ2n) is 5.93. The molecule has 3 nitrogen and oxygen atoms in total. The molecule has 0 spiro atoms. The molecule has 1 amide bonds. The van der Waals surface area contributed by atoms with E-state index in [4.69, 9.17) is 0 Å². The molecule has 1 saturated heterocycles. The maximum absolute atomic E-state index is 12.1. The highest BCUT2D eigenvalue weighted by atomic mass is 16.2. The van der Waals surface area contributed by atoms with Gasteiger partial charge in [0.15, 0.2) is 0 Å². The van der Waals surface area contributed by atoms with Gasteiger partial charge in [-0.05, 0) is 45.4 Å². The van der Waals surface area contributed by atoms with E-state index < -0.39 is 0 Å². The van der Waals surface area contributed by atoms with Crippen molar-refractivity contribution < 1.29 is 4.79 Å². The van der Waals surface area contributed by atoms with Gasteiger partial charge in [0.2, 0.25) is 5.91 Å². The summed E-state index contributed by atoms with van der Waals surface area (Å²) >= 11 is 0. The van der Waals surface area contributed by atoms with Gasteiger partial charge in [0.05, 0.1) is 5.92 Å². The highest BCUT2D eigenvalue weighted by Crippen LogP contribution is 2.27. The molecule has 3 unspecified atom stereocenters. The van der Waals surface area contributed by atoms with E-state index in [0.29, 0.717) is 12.1 Å². The molecule has 2 fully saturated rings. The SMILES string of the molecule is CC1CCC(C(=O)NC(C)C2CCCC2)CN1. The van der Waals surface area contributed by atoms with Crippen molar-refractivity contribution in [3.05, 3.63) is 0 Å². The zero-order chi connectivity index (χ0) is 12.3. The first-order valence-corrected chi connectivity index (χ1v) is 7.20. The van der Waals surface area contributed by atoms with Crippen LogP contribution in [0.3, 0.4) is 0 Å². The standard InChI is InChI=1S/C14H26N2O/c1-10-7-8-13(9-15-10)14(17)16-11(2)12-5-3-4-6-12/h10-13,15H,3-9H2,1-2H3,(H,16,17). The van der Waals surface area contributed by atoms with E-state index >= 15 is 0 Å². The minimum Gasteiger partial charge on any atom is -0.353 e. The van der Waals surface area contributed by atoms with E-state index in [1.807, 2.05) is 0 Å². The molecule has 1 heterocycles. The van der Waals surface area contributed by atoms with Crippen LogP contribution in [0.25, 0.3) is 0 Å². The van der Waals surface area contributed by atoms with Crippen molar-refractivity contribution in [2.45, 2.75) is 64.5 Å². The summed E-state index contributed by atoms with van der Waals surface area (Å²) in [5.74, 6) is 1.17. The molecule has 1 aliphatic heterocycles. The molecule has 0 aromatic rings. The van der Waals surface area contributed by atoms with Gasteiger partial charge in [0, 0.05) is 18.6 Å². The number of hydrogen-bond acceptors (Lipinski definition) is 2. The van der Waals surface area contributed by atoms with Gasteiger partial charge in [-0.25, -0.2) is 0 Å². The van der Waals surface area contributed by atoms with Crippen LogP contribution >= 0.6 is 0 Å². The van der Waals surface area contributed by atoms with Crippen LogP contribution in [0.4, 0.5) is 0 Å². The minimum atomic E-state index is 0.190. The highest BCUT2D eigenvalue weighted by Gasteiger charge is 2.27. The second kappa shape index (κ2) is 5.85. The molecule has 0 bridgehead atoms. The zero-order valence-corrected chi connectivity index (χ0v) is 11.2. The summed E-state index contributed by atoms with van der Waals surface area (Å²) < 4.78 is 0. The van der Waals surface area contributed by atoms with Crippen molar-refractivity contribution in [2.75, 3.05) is 6.54 Å². The Morgan fingerprint density at radius 1 is 1.24 bits per heavy atom. The Kier molecular flexibility index (Phi) is 4.43. The predicted molar refractivity (Wildman–Crippen MR) is 69.8 cm³/mol. The van der Waals surface area contributed by atoms with Crippen LogP contribution in [0.2, 0.25) is 0 Å². The molecule has 0 aromatic heterocycles. The molecule has 98 valence electrons. The lowest BCUT2D eigenvalue weighted by Gasteiger charge is -2.29. The van der Waals surface area contributed by atoms with Crippen LogP contribution in [0.5, 0.6) is 0 Å². The molecule has 3 heteroatoms. The Labute approximate surface area is 105 Å². The van der Waals surface area contributed by atoms with Crippen LogP contribution in [0.1, 0.15) is 52.4 Å². The maximum Gasteiger partial charge on any atom is 0.224 e. The number of nitrogens with one attached hydrogen (secondary N) is 2. The van der Waals surface area contributed by atoms with Crippen molar-refractivity contribution >= 4 is 5.91 Å². The van der Waals surface area contributed by atoms with Crippen LogP contribution in [-0.4, -0.2) is 24.5 Å². The quantitative estimate of drug-likeness (QED) is 0.790. The van der Waals surface area contributed by atoms with Gasteiger partial charge in [-0.15, -0.1) is 0 Å². The number of carbonyl (C=O) groups excluding carboxylic acids is 1. The number of amides is 1. The summed E-state index contributed by atoms with van der Waals surface area (Å²) in [6.45, 7) is 5.21. The van der Waals surface area contributed by atoms with Crippen molar-refractivity contribution in [3.63, 3.8) is 0 Å². The van der Waals surface area contributed by atoms with Gasteiger partial charge >= 0.3 is 0 Å². The van der Waals surface area contributed by atoms with E-state index in [-0.39, 0.29) is 11.8 Å². The van der Waals surface area contributed by atoms with Crippen LogP contribution < -0.4 is 10.6 Å². The summed E-state index contributed by atoms with van der Waals surface area (Å²) in [6.07, 6.45) is 7.43. The normalized spacial score (nSPS) is 32.4. The molecule has 3 atom stereocenters. The average molecular weight is 238 g/mol. The van der Waals surface area contributed by atoms with Gasteiger partial charge in [-0.3, -0.25) is 4.79 Å². The molecule has 1 saturated carbocycles. The Balaban J connectivity index is 1.76. The van der Waals surface area contributed by atoms with Gasteiger partial charge in [0.1, 0.15) is 0 Å². The number of hydrogen-bond donors (Lipinski definition) is 2. The molecule has 0 aromatic carbocycles. The van der Waals surface area contributed by atoms with E-state index in [2.05, 4.69) is 24.5 Å². The molecule has 2 aliphatic rings. The first-order chi connectivity index (χ1) is 8.16. The molecule has 1 aliphatic carbocycles. The molecular formula is C14H26N2O.